The van der Waals surface area contributed by atoms with Gasteiger partial charge in [-0.3, -0.25) is 4.79 Å². The zero-order valence-corrected chi connectivity index (χ0v) is 9.69. The Morgan fingerprint density at radius 2 is 1.71 bits per heavy atom. The summed E-state index contributed by atoms with van der Waals surface area (Å²) in [5, 5.41) is 9.02. The van der Waals surface area contributed by atoms with Gasteiger partial charge in [0.15, 0.2) is 5.78 Å². The number of hydrogen-bond donors (Lipinski definition) is 1. The second-order valence-electron chi connectivity index (χ2n) is 4.63. The summed E-state index contributed by atoms with van der Waals surface area (Å²) < 4.78 is 0. The quantitative estimate of drug-likeness (QED) is 0.811. The highest BCUT2D eigenvalue weighted by atomic mass is 16.4. The lowest BCUT2D eigenvalue weighted by molar-refractivity contribution is 0.0691. The topological polar surface area (TPSA) is 54.4 Å². The van der Waals surface area contributed by atoms with Crippen molar-refractivity contribution < 1.29 is 14.7 Å². The predicted octanol–water partition coefficient (Wildman–Crippen LogP) is 3.15. The molecule has 0 amide bonds. The molecular formula is C14H16O3. The van der Waals surface area contributed by atoms with Crippen LogP contribution in [0, 0.1) is 5.92 Å². The van der Waals surface area contributed by atoms with Gasteiger partial charge in [-0.05, 0) is 12.0 Å². The molecule has 1 N–H and O–H groups in total. The van der Waals surface area contributed by atoms with Gasteiger partial charge in [0.25, 0.3) is 0 Å². The molecule has 0 spiro atoms. The van der Waals surface area contributed by atoms with Crippen molar-refractivity contribution >= 4 is 11.8 Å². The van der Waals surface area contributed by atoms with Gasteiger partial charge in [-0.1, -0.05) is 43.9 Å². The van der Waals surface area contributed by atoms with E-state index in [-0.39, 0.29) is 11.3 Å². The van der Waals surface area contributed by atoms with Crippen molar-refractivity contribution in [3.63, 3.8) is 0 Å². The van der Waals surface area contributed by atoms with Crippen LogP contribution < -0.4 is 0 Å². The minimum absolute atomic E-state index is 0.0325. The molecule has 1 fully saturated rings. The Morgan fingerprint density at radius 1 is 1.12 bits per heavy atom. The fourth-order valence-electron chi connectivity index (χ4n) is 2.50. The van der Waals surface area contributed by atoms with E-state index < -0.39 is 5.97 Å². The molecule has 0 aliphatic heterocycles. The number of rotatable bonds is 4. The normalized spacial score (nSPS) is 16.0. The third kappa shape index (κ3) is 2.73. The molecule has 2 rings (SSSR count). The molecule has 0 saturated heterocycles. The lowest BCUT2D eigenvalue weighted by atomic mass is 9.94. The second kappa shape index (κ2) is 5.13. The van der Waals surface area contributed by atoms with E-state index in [1.807, 2.05) is 0 Å². The van der Waals surface area contributed by atoms with E-state index in [0.717, 1.165) is 12.8 Å². The molecule has 3 heteroatoms. The van der Waals surface area contributed by atoms with E-state index in [2.05, 4.69) is 0 Å². The van der Waals surface area contributed by atoms with Crippen LogP contribution in [0.1, 0.15) is 52.8 Å². The van der Waals surface area contributed by atoms with Gasteiger partial charge < -0.3 is 5.11 Å². The number of carboxylic acids is 1. The summed E-state index contributed by atoms with van der Waals surface area (Å²) in [5.74, 6) is -0.611. The maximum absolute atomic E-state index is 12.1. The van der Waals surface area contributed by atoms with Crippen LogP contribution in [0.25, 0.3) is 0 Å². The molecule has 0 radical (unpaired) electrons. The van der Waals surface area contributed by atoms with Gasteiger partial charge in [0.2, 0.25) is 0 Å². The third-order valence-corrected chi connectivity index (χ3v) is 3.41. The van der Waals surface area contributed by atoms with Crippen LogP contribution in [0.2, 0.25) is 0 Å². The molecule has 0 unspecified atom stereocenters. The molecule has 0 atom stereocenters. The highest BCUT2D eigenvalue weighted by molar-refractivity contribution is 6.05. The molecule has 1 aromatic carbocycles. The maximum atomic E-state index is 12.1. The third-order valence-electron chi connectivity index (χ3n) is 3.41. The average Bonchev–Trinajstić information content (AvgIpc) is 2.81. The molecule has 0 heterocycles. The van der Waals surface area contributed by atoms with Crippen LogP contribution in [0.4, 0.5) is 0 Å². The van der Waals surface area contributed by atoms with E-state index >= 15 is 0 Å². The minimum atomic E-state index is -1.03. The van der Waals surface area contributed by atoms with Crippen LogP contribution in [-0.2, 0) is 0 Å². The summed E-state index contributed by atoms with van der Waals surface area (Å²) in [6.07, 6.45) is 5.07. The first-order valence-electron chi connectivity index (χ1n) is 6.04. The minimum Gasteiger partial charge on any atom is -0.478 e. The summed E-state index contributed by atoms with van der Waals surface area (Å²) in [5.41, 5.74) is 0.474. The maximum Gasteiger partial charge on any atom is 0.336 e. The SMILES string of the molecule is O=C(O)c1ccccc1C(=O)CC1CCCC1. The van der Waals surface area contributed by atoms with Crippen LogP contribution in [0.5, 0.6) is 0 Å². The van der Waals surface area contributed by atoms with Crippen molar-refractivity contribution in [2.75, 3.05) is 0 Å². The molecule has 1 aromatic rings. The summed E-state index contributed by atoms with van der Waals surface area (Å²) in [6, 6.07) is 6.47. The Kier molecular flexibility index (Phi) is 3.57. The fourth-order valence-corrected chi connectivity index (χ4v) is 2.50. The number of carboxylic acid groups (broad SMARTS) is 1. The van der Waals surface area contributed by atoms with E-state index in [1.165, 1.54) is 18.9 Å². The van der Waals surface area contributed by atoms with Crippen LogP contribution in [-0.4, -0.2) is 16.9 Å². The van der Waals surface area contributed by atoms with Gasteiger partial charge >= 0.3 is 5.97 Å². The zero-order chi connectivity index (χ0) is 12.3. The monoisotopic (exact) mass is 232 g/mol. The Labute approximate surface area is 100 Å². The summed E-state index contributed by atoms with van der Waals surface area (Å²) in [7, 11) is 0. The lowest BCUT2D eigenvalue weighted by Crippen LogP contribution is -2.11. The van der Waals surface area contributed by atoms with Crippen molar-refractivity contribution in [1.29, 1.82) is 0 Å². The van der Waals surface area contributed by atoms with Gasteiger partial charge in [0, 0.05) is 12.0 Å². The van der Waals surface area contributed by atoms with Gasteiger partial charge in [0.1, 0.15) is 0 Å². The first kappa shape index (κ1) is 11.8. The zero-order valence-electron chi connectivity index (χ0n) is 9.69. The first-order valence-corrected chi connectivity index (χ1v) is 6.04. The van der Waals surface area contributed by atoms with E-state index in [9.17, 15) is 9.59 Å². The Bertz CT molecular complexity index is 431. The van der Waals surface area contributed by atoms with Gasteiger partial charge in [-0.15, -0.1) is 0 Å². The molecule has 0 aromatic heterocycles. The molecule has 3 nitrogen and oxygen atoms in total. The molecule has 0 bridgehead atoms. The average molecular weight is 232 g/mol. The number of benzene rings is 1. The molecule has 90 valence electrons. The molecule has 17 heavy (non-hydrogen) atoms. The van der Waals surface area contributed by atoms with Crippen molar-refractivity contribution in [3.05, 3.63) is 35.4 Å². The second-order valence-corrected chi connectivity index (χ2v) is 4.63. The summed E-state index contributed by atoms with van der Waals surface area (Å²) in [4.78, 5) is 23.1. The molecular weight excluding hydrogens is 216 g/mol. The first-order chi connectivity index (χ1) is 8.18. The molecule has 1 saturated carbocycles. The van der Waals surface area contributed by atoms with Crippen LogP contribution >= 0.6 is 0 Å². The number of hydrogen-bond acceptors (Lipinski definition) is 2. The van der Waals surface area contributed by atoms with Gasteiger partial charge in [-0.25, -0.2) is 4.79 Å². The van der Waals surface area contributed by atoms with Crippen LogP contribution in [0.15, 0.2) is 24.3 Å². The Balaban J connectivity index is 2.15. The molecule has 1 aliphatic carbocycles. The standard InChI is InChI=1S/C14H16O3/c15-13(9-10-5-1-2-6-10)11-7-3-4-8-12(11)14(16)17/h3-4,7-8,10H,1-2,5-6,9H2,(H,16,17). The number of ketones is 1. The van der Waals surface area contributed by atoms with E-state index in [0.29, 0.717) is 17.9 Å². The van der Waals surface area contributed by atoms with Gasteiger partial charge in [0.05, 0.1) is 5.56 Å². The van der Waals surface area contributed by atoms with E-state index in [1.54, 1.807) is 18.2 Å². The summed E-state index contributed by atoms with van der Waals surface area (Å²) >= 11 is 0. The fraction of sp³-hybridized carbons (Fsp3) is 0.429. The van der Waals surface area contributed by atoms with Crippen molar-refractivity contribution in [1.82, 2.24) is 0 Å². The number of carbonyl (C=O) groups is 2. The van der Waals surface area contributed by atoms with Gasteiger partial charge in [-0.2, -0.15) is 0 Å². The predicted molar refractivity (Wildman–Crippen MR) is 64.3 cm³/mol. The number of carbonyl (C=O) groups excluding carboxylic acids is 1. The Hall–Kier alpha value is -1.64. The highest BCUT2D eigenvalue weighted by Crippen LogP contribution is 2.29. The van der Waals surface area contributed by atoms with Crippen molar-refractivity contribution in [2.24, 2.45) is 5.92 Å². The van der Waals surface area contributed by atoms with Crippen LogP contribution in [0.3, 0.4) is 0 Å². The smallest absolute Gasteiger partial charge is 0.336 e. The lowest BCUT2D eigenvalue weighted by Gasteiger charge is -2.09. The van der Waals surface area contributed by atoms with Crippen molar-refractivity contribution in [2.45, 2.75) is 32.1 Å². The number of aromatic carboxylic acids is 1. The summed E-state index contributed by atoms with van der Waals surface area (Å²) in [6.45, 7) is 0. The largest absolute Gasteiger partial charge is 0.478 e. The van der Waals surface area contributed by atoms with E-state index in [4.69, 9.17) is 5.11 Å². The van der Waals surface area contributed by atoms with Crippen molar-refractivity contribution in [3.8, 4) is 0 Å². The Morgan fingerprint density at radius 3 is 2.29 bits per heavy atom. The molecule has 1 aliphatic rings. The number of Topliss-reactive ketones (excluding diaryl/α,β-unsaturated/α-hetero) is 1. The highest BCUT2D eigenvalue weighted by Gasteiger charge is 2.22.